The van der Waals surface area contributed by atoms with Gasteiger partial charge in [-0.3, -0.25) is 9.59 Å². The summed E-state index contributed by atoms with van der Waals surface area (Å²) in [6, 6.07) is 11.4. The molecule has 1 N–H and O–H groups in total. The molecule has 0 unspecified atom stereocenters. The Labute approximate surface area is 159 Å². The molecule has 2 heterocycles. The Morgan fingerprint density at radius 3 is 2.77 bits per heavy atom. The Bertz CT molecular complexity index is 933. The molecule has 0 atom stereocenters. The average Bonchev–Trinajstić information content (AvgIpc) is 3.28. The summed E-state index contributed by atoms with van der Waals surface area (Å²) >= 11 is 2.60. The Morgan fingerprint density at radius 2 is 2.00 bits per heavy atom. The summed E-state index contributed by atoms with van der Waals surface area (Å²) in [6.07, 6.45) is 0. The van der Waals surface area contributed by atoms with Crippen LogP contribution in [-0.4, -0.2) is 27.6 Å². The number of thiophene rings is 1. The molecule has 3 rings (SSSR count). The molecular weight excluding hydrogens is 370 g/mol. The quantitative estimate of drug-likeness (QED) is 0.491. The molecule has 134 valence electrons. The second-order valence-corrected chi connectivity index (χ2v) is 7.67. The third-order valence-electron chi connectivity index (χ3n) is 3.56. The van der Waals surface area contributed by atoms with Crippen LogP contribution in [0.2, 0.25) is 0 Å². The van der Waals surface area contributed by atoms with Crippen molar-refractivity contribution < 1.29 is 14.0 Å². The lowest BCUT2D eigenvalue weighted by Gasteiger charge is -1.99. The number of carbonyl (C=O) groups is 2. The first-order valence-electron chi connectivity index (χ1n) is 7.91. The second kappa shape index (κ2) is 8.29. The molecule has 0 radical (unpaired) electrons. The van der Waals surface area contributed by atoms with E-state index in [0.29, 0.717) is 22.5 Å². The van der Waals surface area contributed by atoms with Crippen LogP contribution >= 0.6 is 23.1 Å². The van der Waals surface area contributed by atoms with Crippen molar-refractivity contribution in [3.8, 4) is 11.5 Å². The Hall–Kier alpha value is -2.45. The van der Waals surface area contributed by atoms with Crippen LogP contribution in [-0.2, 0) is 11.3 Å². The van der Waals surface area contributed by atoms with Gasteiger partial charge in [-0.25, -0.2) is 0 Å². The first-order chi connectivity index (χ1) is 12.5. The zero-order chi connectivity index (χ0) is 18.5. The molecule has 1 amide bonds. The number of nitrogens with zero attached hydrogens (tertiary/aromatic N) is 2. The van der Waals surface area contributed by atoms with Gasteiger partial charge in [0.15, 0.2) is 5.78 Å². The van der Waals surface area contributed by atoms with Gasteiger partial charge in [-0.15, -0.1) is 21.5 Å². The minimum absolute atomic E-state index is 0.00952. The van der Waals surface area contributed by atoms with Gasteiger partial charge in [-0.1, -0.05) is 30.0 Å². The Balaban J connectivity index is 1.58. The molecule has 0 aliphatic rings. The van der Waals surface area contributed by atoms with E-state index in [1.54, 1.807) is 6.07 Å². The van der Waals surface area contributed by atoms with Gasteiger partial charge in [0.1, 0.15) is 0 Å². The number of hydrogen-bond acceptors (Lipinski definition) is 7. The number of amides is 1. The monoisotopic (exact) mass is 387 g/mol. The minimum Gasteiger partial charge on any atom is -0.411 e. The highest BCUT2D eigenvalue weighted by Gasteiger charge is 2.15. The summed E-state index contributed by atoms with van der Waals surface area (Å²) in [7, 11) is 0. The number of ketones is 1. The van der Waals surface area contributed by atoms with Crippen molar-refractivity contribution in [2.45, 2.75) is 25.6 Å². The van der Waals surface area contributed by atoms with Gasteiger partial charge >= 0.3 is 0 Å². The number of nitrogens with one attached hydrogen (secondary N) is 1. The van der Waals surface area contributed by atoms with E-state index in [-0.39, 0.29) is 17.4 Å². The fourth-order valence-corrected chi connectivity index (χ4v) is 3.85. The molecule has 0 bridgehead atoms. The maximum absolute atomic E-state index is 12.3. The van der Waals surface area contributed by atoms with Crippen molar-refractivity contribution in [3.63, 3.8) is 0 Å². The van der Waals surface area contributed by atoms with E-state index in [0.717, 1.165) is 16.0 Å². The molecule has 8 heteroatoms. The van der Waals surface area contributed by atoms with Gasteiger partial charge in [0, 0.05) is 17.4 Å². The maximum Gasteiger partial charge on any atom is 0.277 e. The van der Waals surface area contributed by atoms with Gasteiger partial charge in [0.05, 0.1) is 17.2 Å². The molecule has 26 heavy (non-hydrogen) atoms. The van der Waals surface area contributed by atoms with Crippen molar-refractivity contribution in [1.82, 2.24) is 15.5 Å². The molecule has 0 aliphatic heterocycles. The Kier molecular flexibility index (Phi) is 5.85. The van der Waals surface area contributed by atoms with E-state index in [2.05, 4.69) is 15.5 Å². The van der Waals surface area contributed by atoms with Crippen molar-refractivity contribution in [3.05, 3.63) is 51.7 Å². The largest absolute Gasteiger partial charge is 0.411 e. The van der Waals surface area contributed by atoms with E-state index in [4.69, 9.17) is 4.42 Å². The number of hydrogen-bond donors (Lipinski definition) is 1. The van der Waals surface area contributed by atoms with E-state index in [9.17, 15) is 9.59 Å². The van der Waals surface area contributed by atoms with Gasteiger partial charge in [0.2, 0.25) is 11.8 Å². The number of carbonyl (C=O) groups excluding carboxylic acids is 2. The van der Waals surface area contributed by atoms with Crippen molar-refractivity contribution in [1.29, 1.82) is 0 Å². The van der Waals surface area contributed by atoms with E-state index < -0.39 is 0 Å². The summed E-state index contributed by atoms with van der Waals surface area (Å²) in [6.45, 7) is 3.88. The predicted molar refractivity (Wildman–Crippen MR) is 101 cm³/mol. The van der Waals surface area contributed by atoms with E-state index >= 15 is 0 Å². The van der Waals surface area contributed by atoms with Gasteiger partial charge in [0.25, 0.3) is 5.22 Å². The minimum atomic E-state index is -0.0947. The second-order valence-electron chi connectivity index (χ2n) is 5.58. The molecule has 0 saturated heterocycles. The molecular formula is C18H17N3O3S2. The first kappa shape index (κ1) is 18.3. The van der Waals surface area contributed by atoms with Crippen LogP contribution in [0, 0.1) is 6.92 Å². The molecule has 2 aromatic heterocycles. The molecule has 0 fully saturated rings. The van der Waals surface area contributed by atoms with Crippen LogP contribution in [0.1, 0.15) is 27.0 Å². The lowest BCUT2D eigenvalue weighted by molar-refractivity contribution is -0.119. The number of thioether (sulfide) groups is 1. The van der Waals surface area contributed by atoms with E-state index in [1.807, 2.05) is 37.3 Å². The van der Waals surface area contributed by atoms with Crippen molar-refractivity contribution in [2.75, 3.05) is 5.75 Å². The van der Waals surface area contributed by atoms with Crippen LogP contribution in [0.4, 0.5) is 0 Å². The number of Topliss-reactive ketones (excluding diaryl/α,β-unsaturated/α-hetero) is 1. The lowest BCUT2D eigenvalue weighted by Crippen LogP contribution is -2.18. The van der Waals surface area contributed by atoms with Crippen LogP contribution in [0.15, 0.2) is 46.0 Å². The Morgan fingerprint density at radius 1 is 1.19 bits per heavy atom. The normalized spacial score (nSPS) is 10.7. The number of rotatable bonds is 7. The number of aryl methyl sites for hydroxylation is 1. The highest BCUT2D eigenvalue weighted by Crippen LogP contribution is 2.26. The number of aromatic nitrogens is 2. The van der Waals surface area contributed by atoms with Gasteiger partial charge in [-0.2, -0.15) is 0 Å². The predicted octanol–water partition coefficient (Wildman–Crippen LogP) is 3.72. The smallest absolute Gasteiger partial charge is 0.277 e. The van der Waals surface area contributed by atoms with Gasteiger partial charge < -0.3 is 9.73 Å². The fraction of sp³-hybridized carbons (Fsp3) is 0.222. The molecule has 0 spiro atoms. The third kappa shape index (κ3) is 4.59. The highest BCUT2D eigenvalue weighted by molar-refractivity contribution is 7.99. The molecule has 1 aromatic carbocycles. The summed E-state index contributed by atoms with van der Waals surface area (Å²) in [5, 5.41) is 11.1. The number of benzene rings is 1. The zero-order valence-corrected chi connectivity index (χ0v) is 15.9. The molecule has 0 aliphatic carbocycles. The summed E-state index contributed by atoms with van der Waals surface area (Å²) in [5.41, 5.74) is 1.94. The first-order valence-corrected chi connectivity index (χ1v) is 9.72. The fourth-order valence-electron chi connectivity index (χ4n) is 2.22. The average molecular weight is 387 g/mol. The summed E-state index contributed by atoms with van der Waals surface area (Å²) in [5.74, 6) is 0.564. The lowest BCUT2D eigenvalue weighted by atomic mass is 10.1. The summed E-state index contributed by atoms with van der Waals surface area (Å²) < 4.78 is 5.65. The topological polar surface area (TPSA) is 85.1 Å². The van der Waals surface area contributed by atoms with Crippen LogP contribution in [0.3, 0.4) is 0 Å². The van der Waals surface area contributed by atoms with Crippen LogP contribution in [0.5, 0.6) is 0 Å². The van der Waals surface area contributed by atoms with E-state index in [1.165, 1.54) is 30.0 Å². The highest BCUT2D eigenvalue weighted by atomic mass is 32.2. The van der Waals surface area contributed by atoms with Crippen molar-refractivity contribution >= 4 is 34.8 Å². The molecule has 6 nitrogen and oxygen atoms in total. The van der Waals surface area contributed by atoms with Gasteiger partial charge in [-0.05, 0) is 30.7 Å². The van der Waals surface area contributed by atoms with Crippen molar-refractivity contribution in [2.24, 2.45) is 0 Å². The van der Waals surface area contributed by atoms with Crippen LogP contribution < -0.4 is 5.32 Å². The molecule has 0 saturated carbocycles. The SMILES string of the molecule is CC(=O)NCc1ccc(C(=O)CSc2nnc(-c3ccccc3C)o2)s1. The third-order valence-corrected chi connectivity index (χ3v) is 5.50. The molecule has 3 aromatic rings. The standard InChI is InChI=1S/C18H17N3O3S2/c1-11-5-3-4-6-14(11)17-20-21-18(24-17)25-10-15(23)16-8-7-13(26-16)9-19-12(2)22/h3-8H,9-10H2,1-2H3,(H,19,22). The summed E-state index contributed by atoms with van der Waals surface area (Å²) in [4.78, 5) is 24.8. The van der Waals surface area contributed by atoms with Crippen LogP contribution in [0.25, 0.3) is 11.5 Å². The zero-order valence-electron chi connectivity index (χ0n) is 14.3. The maximum atomic E-state index is 12.3.